The van der Waals surface area contributed by atoms with Gasteiger partial charge in [-0.3, -0.25) is 0 Å². The molecule has 1 fully saturated rings. The SMILES string of the molecule is COC(=O)c1ccc([C@@H]2C[C@H](O)CCN2)cc1. The molecule has 1 aromatic rings. The molecule has 2 rings (SSSR count). The quantitative estimate of drug-likeness (QED) is 0.758. The molecule has 0 bridgehead atoms. The molecule has 0 aliphatic carbocycles. The van der Waals surface area contributed by atoms with E-state index in [1.165, 1.54) is 7.11 Å². The van der Waals surface area contributed by atoms with Crippen molar-refractivity contribution in [1.82, 2.24) is 5.32 Å². The molecule has 0 saturated carbocycles. The van der Waals surface area contributed by atoms with Crippen LogP contribution in [0.4, 0.5) is 0 Å². The third-order valence-electron chi connectivity index (χ3n) is 3.11. The van der Waals surface area contributed by atoms with Gasteiger partial charge in [0, 0.05) is 6.04 Å². The van der Waals surface area contributed by atoms with Gasteiger partial charge >= 0.3 is 5.97 Å². The van der Waals surface area contributed by atoms with Gasteiger partial charge in [-0.15, -0.1) is 0 Å². The van der Waals surface area contributed by atoms with E-state index < -0.39 is 0 Å². The van der Waals surface area contributed by atoms with Gasteiger partial charge < -0.3 is 15.2 Å². The van der Waals surface area contributed by atoms with Gasteiger partial charge in [-0.2, -0.15) is 0 Å². The van der Waals surface area contributed by atoms with Crippen molar-refractivity contribution in [3.05, 3.63) is 35.4 Å². The van der Waals surface area contributed by atoms with Gasteiger partial charge in [0.1, 0.15) is 0 Å². The van der Waals surface area contributed by atoms with Crippen LogP contribution < -0.4 is 5.32 Å². The van der Waals surface area contributed by atoms with Crippen LogP contribution in [0.2, 0.25) is 0 Å². The lowest BCUT2D eigenvalue weighted by atomic mass is 9.95. The predicted molar refractivity (Wildman–Crippen MR) is 63.8 cm³/mol. The minimum atomic E-state index is -0.326. The zero-order valence-corrected chi connectivity index (χ0v) is 9.85. The summed E-state index contributed by atoms with van der Waals surface area (Å²) in [5.41, 5.74) is 1.64. The first kappa shape index (κ1) is 12.1. The second kappa shape index (κ2) is 5.29. The number of piperidine rings is 1. The molecule has 0 spiro atoms. The van der Waals surface area contributed by atoms with E-state index in [1.807, 2.05) is 12.1 Å². The Labute approximate surface area is 101 Å². The summed E-state index contributed by atoms with van der Waals surface area (Å²) in [6, 6.07) is 7.49. The topological polar surface area (TPSA) is 58.6 Å². The normalized spacial score (nSPS) is 24.4. The number of hydrogen-bond donors (Lipinski definition) is 2. The monoisotopic (exact) mass is 235 g/mol. The van der Waals surface area contributed by atoms with Crippen molar-refractivity contribution >= 4 is 5.97 Å². The van der Waals surface area contributed by atoms with Gasteiger partial charge in [0.25, 0.3) is 0 Å². The van der Waals surface area contributed by atoms with E-state index in [-0.39, 0.29) is 18.1 Å². The fourth-order valence-corrected chi connectivity index (χ4v) is 2.12. The van der Waals surface area contributed by atoms with E-state index in [1.54, 1.807) is 12.1 Å². The molecule has 0 unspecified atom stereocenters. The molecular formula is C13H17NO3. The van der Waals surface area contributed by atoms with Crippen LogP contribution in [0.15, 0.2) is 24.3 Å². The third-order valence-corrected chi connectivity index (χ3v) is 3.11. The first-order chi connectivity index (χ1) is 8.20. The van der Waals surface area contributed by atoms with Crippen molar-refractivity contribution in [2.45, 2.75) is 25.0 Å². The largest absolute Gasteiger partial charge is 0.465 e. The van der Waals surface area contributed by atoms with Gasteiger partial charge in [0.2, 0.25) is 0 Å². The van der Waals surface area contributed by atoms with E-state index in [2.05, 4.69) is 10.1 Å². The average molecular weight is 235 g/mol. The maximum absolute atomic E-state index is 11.3. The molecule has 1 saturated heterocycles. The molecule has 2 N–H and O–H groups in total. The Morgan fingerprint density at radius 1 is 1.41 bits per heavy atom. The highest BCUT2D eigenvalue weighted by Gasteiger charge is 2.20. The fourth-order valence-electron chi connectivity index (χ4n) is 2.12. The number of ether oxygens (including phenoxy) is 1. The number of hydrogen-bond acceptors (Lipinski definition) is 4. The number of aliphatic hydroxyl groups excluding tert-OH is 1. The number of esters is 1. The highest BCUT2D eigenvalue weighted by Crippen LogP contribution is 2.23. The lowest BCUT2D eigenvalue weighted by Gasteiger charge is -2.27. The Morgan fingerprint density at radius 3 is 2.71 bits per heavy atom. The zero-order valence-electron chi connectivity index (χ0n) is 9.85. The molecule has 17 heavy (non-hydrogen) atoms. The Hall–Kier alpha value is -1.39. The minimum absolute atomic E-state index is 0.172. The van der Waals surface area contributed by atoms with Crippen molar-refractivity contribution in [1.29, 1.82) is 0 Å². The molecule has 4 heteroatoms. The van der Waals surface area contributed by atoms with Crippen LogP contribution in [-0.4, -0.2) is 30.8 Å². The standard InChI is InChI=1S/C13H17NO3/c1-17-13(16)10-4-2-9(3-5-10)12-8-11(15)6-7-14-12/h2-5,11-12,14-15H,6-8H2,1H3/t11-,12+/m1/s1. The molecule has 1 heterocycles. The summed E-state index contributed by atoms with van der Waals surface area (Å²) in [7, 11) is 1.37. The van der Waals surface area contributed by atoms with Crippen LogP contribution in [-0.2, 0) is 4.74 Å². The summed E-state index contributed by atoms with van der Waals surface area (Å²) in [5.74, 6) is -0.326. The Bertz CT molecular complexity index is 388. The summed E-state index contributed by atoms with van der Waals surface area (Å²) >= 11 is 0. The first-order valence-electron chi connectivity index (χ1n) is 5.80. The van der Waals surface area contributed by atoms with Crippen LogP contribution >= 0.6 is 0 Å². The van der Waals surface area contributed by atoms with Crippen LogP contribution in [0, 0.1) is 0 Å². The number of carbonyl (C=O) groups is 1. The molecule has 1 aliphatic heterocycles. The first-order valence-corrected chi connectivity index (χ1v) is 5.80. The summed E-state index contributed by atoms with van der Waals surface area (Å²) in [4.78, 5) is 11.3. The molecule has 1 aliphatic rings. The van der Waals surface area contributed by atoms with Gasteiger partial charge in [-0.05, 0) is 37.1 Å². The minimum Gasteiger partial charge on any atom is -0.465 e. The number of methoxy groups -OCH3 is 1. The Morgan fingerprint density at radius 2 is 2.12 bits per heavy atom. The number of aliphatic hydroxyl groups is 1. The summed E-state index contributed by atoms with van der Waals surface area (Å²) < 4.78 is 4.64. The Balaban J connectivity index is 2.09. The van der Waals surface area contributed by atoms with Crippen LogP contribution in [0.25, 0.3) is 0 Å². The van der Waals surface area contributed by atoms with Crippen molar-refractivity contribution in [2.75, 3.05) is 13.7 Å². The molecule has 0 radical (unpaired) electrons. The van der Waals surface area contributed by atoms with E-state index in [4.69, 9.17) is 0 Å². The summed E-state index contributed by atoms with van der Waals surface area (Å²) in [6.45, 7) is 0.824. The molecular weight excluding hydrogens is 218 g/mol. The smallest absolute Gasteiger partial charge is 0.337 e. The summed E-state index contributed by atoms with van der Waals surface area (Å²) in [6.07, 6.45) is 1.29. The lowest BCUT2D eigenvalue weighted by molar-refractivity contribution is 0.0600. The number of rotatable bonds is 2. The Kier molecular flexibility index (Phi) is 3.76. The van der Waals surface area contributed by atoms with Crippen molar-refractivity contribution in [3.63, 3.8) is 0 Å². The van der Waals surface area contributed by atoms with Crippen molar-refractivity contribution in [2.24, 2.45) is 0 Å². The molecule has 0 aromatic heterocycles. The molecule has 0 amide bonds. The van der Waals surface area contributed by atoms with Crippen molar-refractivity contribution < 1.29 is 14.6 Å². The van der Waals surface area contributed by atoms with E-state index in [0.29, 0.717) is 5.56 Å². The van der Waals surface area contributed by atoms with Crippen molar-refractivity contribution in [3.8, 4) is 0 Å². The second-order valence-corrected chi connectivity index (χ2v) is 4.30. The molecule has 2 atom stereocenters. The van der Waals surface area contributed by atoms with E-state index in [0.717, 1.165) is 24.9 Å². The number of nitrogens with one attached hydrogen (secondary N) is 1. The van der Waals surface area contributed by atoms with Gasteiger partial charge in [-0.1, -0.05) is 12.1 Å². The van der Waals surface area contributed by atoms with Gasteiger partial charge in [0.05, 0.1) is 18.8 Å². The molecule has 4 nitrogen and oxygen atoms in total. The van der Waals surface area contributed by atoms with Crippen LogP contribution in [0.3, 0.4) is 0 Å². The van der Waals surface area contributed by atoms with E-state index >= 15 is 0 Å². The number of benzene rings is 1. The van der Waals surface area contributed by atoms with Gasteiger partial charge in [0.15, 0.2) is 0 Å². The third kappa shape index (κ3) is 2.84. The highest BCUT2D eigenvalue weighted by molar-refractivity contribution is 5.89. The summed E-state index contributed by atoms with van der Waals surface area (Å²) in [5, 5.41) is 13.0. The molecule has 92 valence electrons. The maximum atomic E-state index is 11.3. The maximum Gasteiger partial charge on any atom is 0.337 e. The average Bonchev–Trinajstić information content (AvgIpc) is 2.38. The molecule has 1 aromatic carbocycles. The van der Waals surface area contributed by atoms with Crippen LogP contribution in [0.1, 0.15) is 34.8 Å². The highest BCUT2D eigenvalue weighted by atomic mass is 16.5. The number of carbonyl (C=O) groups excluding carboxylic acids is 1. The van der Waals surface area contributed by atoms with E-state index in [9.17, 15) is 9.90 Å². The second-order valence-electron chi connectivity index (χ2n) is 4.30. The lowest BCUT2D eigenvalue weighted by Crippen LogP contribution is -2.34. The zero-order chi connectivity index (χ0) is 12.3. The predicted octanol–water partition coefficient (Wildman–Crippen LogP) is 1.26. The fraction of sp³-hybridized carbons (Fsp3) is 0.462. The van der Waals surface area contributed by atoms with Crippen LogP contribution in [0.5, 0.6) is 0 Å². The van der Waals surface area contributed by atoms with Gasteiger partial charge in [-0.25, -0.2) is 4.79 Å².